The largest absolute Gasteiger partial charge is 0.393 e. The number of carbonyl (C=O) groups excluding carboxylic acids is 2. The van der Waals surface area contributed by atoms with Crippen molar-refractivity contribution in [3.63, 3.8) is 0 Å². The SMILES string of the molecule is CC(C)(C)C[C@H]1N[C@@H](C(=O)NCCCN2CCC(O)CC2)[C@H](c2cccc(Cl)c2F)[C@@]12C(=O)Nc1cc(Cl)c(F)cc12. The Balaban J connectivity index is 1.53. The second-order valence-electron chi connectivity index (χ2n) is 12.9. The normalized spacial score (nSPS) is 26.5. The average molecular weight is 624 g/mol. The van der Waals surface area contributed by atoms with Gasteiger partial charge < -0.3 is 26.0 Å². The molecule has 7 nitrogen and oxygen atoms in total. The number of likely N-dealkylation sites (tertiary alicyclic amines) is 1. The third-order valence-electron chi connectivity index (χ3n) is 8.81. The van der Waals surface area contributed by atoms with Crippen molar-refractivity contribution in [1.82, 2.24) is 15.5 Å². The van der Waals surface area contributed by atoms with Gasteiger partial charge in [0, 0.05) is 37.3 Å². The van der Waals surface area contributed by atoms with E-state index in [0.717, 1.165) is 32.5 Å². The van der Waals surface area contributed by atoms with Gasteiger partial charge in [0.05, 0.1) is 22.2 Å². The van der Waals surface area contributed by atoms with Crippen LogP contribution in [0.25, 0.3) is 0 Å². The number of hydrogen-bond donors (Lipinski definition) is 4. The van der Waals surface area contributed by atoms with Crippen LogP contribution in [0.3, 0.4) is 0 Å². The number of fused-ring (bicyclic) bond motifs is 2. The van der Waals surface area contributed by atoms with Crippen molar-refractivity contribution in [2.24, 2.45) is 5.41 Å². The van der Waals surface area contributed by atoms with E-state index < -0.39 is 41.0 Å². The van der Waals surface area contributed by atoms with Gasteiger partial charge in [-0.25, -0.2) is 8.78 Å². The quantitative estimate of drug-likeness (QED) is 0.327. The minimum atomic E-state index is -1.52. The van der Waals surface area contributed by atoms with E-state index in [9.17, 15) is 14.7 Å². The first-order valence-corrected chi connectivity index (χ1v) is 15.3. The molecule has 2 aromatic carbocycles. The van der Waals surface area contributed by atoms with Crippen LogP contribution in [-0.2, 0) is 15.0 Å². The van der Waals surface area contributed by atoms with E-state index >= 15 is 8.78 Å². The lowest BCUT2D eigenvalue weighted by atomic mass is 9.62. The lowest BCUT2D eigenvalue weighted by Gasteiger charge is -2.37. The van der Waals surface area contributed by atoms with Crippen LogP contribution in [0.2, 0.25) is 10.0 Å². The Morgan fingerprint density at radius 3 is 2.57 bits per heavy atom. The summed E-state index contributed by atoms with van der Waals surface area (Å²) in [5.41, 5.74) is -1.04. The Morgan fingerprint density at radius 1 is 1.17 bits per heavy atom. The summed E-state index contributed by atoms with van der Waals surface area (Å²) < 4.78 is 30.9. The standard InChI is InChI=1S/C31H38Cl2F2N4O3/c1-30(2,3)16-24-31(19-14-22(34)21(33)15-23(19)37-29(31)42)25(18-6-4-7-20(32)26(18)35)27(38-24)28(41)36-10-5-11-39-12-8-17(40)9-13-39/h4,6-7,14-15,17,24-25,27,38,40H,5,8-13,16H2,1-3H3,(H,36,41)(H,37,42)/t24-,25+,27-,31+/m1/s1. The molecule has 0 bridgehead atoms. The van der Waals surface area contributed by atoms with E-state index in [1.54, 1.807) is 6.07 Å². The maximum absolute atomic E-state index is 15.8. The summed E-state index contributed by atoms with van der Waals surface area (Å²) in [5, 5.41) is 18.7. The zero-order valence-corrected chi connectivity index (χ0v) is 25.6. The number of carbonyl (C=O) groups is 2. The highest BCUT2D eigenvalue weighted by atomic mass is 35.5. The van der Waals surface area contributed by atoms with Gasteiger partial charge in [0.25, 0.3) is 0 Å². The monoisotopic (exact) mass is 622 g/mol. The number of nitrogens with zero attached hydrogens (tertiary/aromatic N) is 1. The van der Waals surface area contributed by atoms with E-state index in [-0.39, 0.29) is 33.0 Å². The fourth-order valence-electron chi connectivity index (χ4n) is 6.93. The maximum Gasteiger partial charge on any atom is 0.237 e. The lowest BCUT2D eigenvalue weighted by Crippen LogP contribution is -2.49. The summed E-state index contributed by atoms with van der Waals surface area (Å²) >= 11 is 12.3. The van der Waals surface area contributed by atoms with Crippen LogP contribution in [0, 0.1) is 17.0 Å². The third kappa shape index (κ3) is 5.78. The van der Waals surface area contributed by atoms with Gasteiger partial charge in [-0.2, -0.15) is 0 Å². The van der Waals surface area contributed by atoms with Crippen molar-refractivity contribution in [3.05, 3.63) is 63.1 Å². The molecule has 2 fully saturated rings. The molecule has 1 spiro atoms. The van der Waals surface area contributed by atoms with Crippen LogP contribution in [0.4, 0.5) is 14.5 Å². The van der Waals surface area contributed by atoms with E-state index in [0.29, 0.717) is 30.6 Å². The Morgan fingerprint density at radius 2 is 1.88 bits per heavy atom. The number of hydrogen-bond acceptors (Lipinski definition) is 5. The topological polar surface area (TPSA) is 93.7 Å². The molecule has 2 saturated heterocycles. The van der Waals surface area contributed by atoms with Crippen molar-refractivity contribution in [2.45, 2.75) is 76.0 Å². The average Bonchev–Trinajstić information content (AvgIpc) is 3.38. The van der Waals surface area contributed by atoms with E-state index in [2.05, 4.69) is 20.9 Å². The number of benzene rings is 2. The number of aliphatic hydroxyl groups is 1. The lowest BCUT2D eigenvalue weighted by molar-refractivity contribution is -0.123. The molecule has 0 saturated carbocycles. The summed E-state index contributed by atoms with van der Waals surface area (Å²) in [6.07, 6.45) is 2.34. The van der Waals surface area contributed by atoms with Gasteiger partial charge >= 0.3 is 0 Å². The van der Waals surface area contributed by atoms with Crippen molar-refractivity contribution in [3.8, 4) is 0 Å². The zero-order valence-electron chi connectivity index (χ0n) is 24.1. The first kappa shape index (κ1) is 31.1. The van der Waals surface area contributed by atoms with Crippen LogP contribution >= 0.6 is 23.2 Å². The van der Waals surface area contributed by atoms with Gasteiger partial charge in [-0.05, 0) is 67.0 Å². The van der Waals surface area contributed by atoms with Crippen LogP contribution in [0.15, 0.2) is 30.3 Å². The van der Waals surface area contributed by atoms with Crippen LogP contribution < -0.4 is 16.0 Å². The molecule has 11 heteroatoms. The summed E-state index contributed by atoms with van der Waals surface area (Å²) in [7, 11) is 0. The molecule has 0 aliphatic carbocycles. The molecular weight excluding hydrogens is 585 g/mol. The second kappa shape index (κ2) is 12.0. The highest BCUT2D eigenvalue weighted by Crippen LogP contribution is 2.57. The molecule has 4 atom stereocenters. The summed E-state index contributed by atoms with van der Waals surface area (Å²) in [5.74, 6) is -3.28. The number of aliphatic hydroxyl groups excluding tert-OH is 1. The van der Waals surface area contributed by atoms with Gasteiger partial charge in [-0.1, -0.05) is 56.1 Å². The molecule has 0 radical (unpaired) electrons. The Kier molecular flexibility index (Phi) is 8.90. The molecule has 4 N–H and O–H groups in total. The fourth-order valence-corrected chi connectivity index (χ4v) is 7.28. The van der Waals surface area contributed by atoms with Crippen LogP contribution in [0.5, 0.6) is 0 Å². The summed E-state index contributed by atoms with van der Waals surface area (Å²) in [6.45, 7) is 8.80. The minimum Gasteiger partial charge on any atom is -0.393 e. The molecule has 3 aliphatic rings. The predicted molar refractivity (Wildman–Crippen MR) is 160 cm³/mol. The molecular formula is C31H38Cl2F2N4O3. The zero-order chi connectivity index (χ0) is 30.4. The molecule has 2 aromatic rings. The fraction of sp³-hybridized carbons (Fsp3) is 0.548. The molecule has 42 heavy (non-hydrogen) atoms. The molecule has 0 unspecified atom stereocenters. The molecule has 5 rings (SSSR count). The molecule has 0 aromatic heterocycles. The molecule has 3 aliphatic heterocycles. The number of nitrogens with one attached hydrogen (secondary N) is 3. The third-order valence-corrected chi connectivity index (χ3v) is 9.39. The van der Waals surface area contributed by atoms with Gasteiger partial charge in [0.2, 0.25) is 11.8 Å². The maximum atomic E-state index is 15.8. The predicted octanol–water partition coefficient (Wildman–Crippen LogP) is 4.98. The van der Waals surface area contributed by atoms with Crippen LogP contribution in [0.1, 0.15) is 63.5 Å². The number of rotatable bonds is 7. The van der Waals surface area contributed by atoms with Gasteiger partial charge in [-0.15, -0.1) is 0 Å². The number of piperidine rings is 1. The Labute approximate surface area is 255 Å². The first-order chi connectivity index (χ1) is 19.8. The molecule has 3 heterocycles. The highest BCUT2D eigenvalue weighted by Gasteiger charge is 2.66. The number of halogens is 4. The van der Waals surface area contributed by atoms with Gasteiger partial charge in [0.15, 0.2) is 0 Å². The van der Waals surface area contributed by atoms with Crippen molar-refractivity contribution >= 4 is 40.7 Å². The molecule has 228 valence electrons. The van der Waals surface area contributed by atoms with E-state index in [1.165, 1.54) is 24.3 Å². The van der Waals surface area contributed by atoms with E-state index in [4.69, 9.17) is 23.2 Å². The Bertz CT molecular complexity index is 1360. The Hall–Kier alpha value is -2.30. The second-order valence-corrected chi connectivity index (χ2v) is 13.7. The van der Waals surface area contributed by atoms with Crippen molar-refractivity contribution in [2.75, 3.05) is 31.5 Å². The van der Waals surface area contributed by atoms with E-state index in [1.807, 2.05) is 20.8 Å². The van der Waals surface area contributed by atoms with Crippen molar-refractivity contribution < 1.29 is 23.5 Å². The van der Waals surface area contributed by atoms with Gasteiger partial charge in [-0.3, -0.25) is 9.59 Å². The molecule has 2 amide bonds. The van der Waals surface area contributed by atoms with Crippen molar-refractivity contribution in [1.29, 1.82) is 0 Å². The minimum absolute atomic E-state index is 0.108. The smallest absolute Gasteiger partial charge is 0.237 e. The number of amides is 2. The number of anilines is 1. The van der Waals surface area contributed by atoms with Crippen LogP contribution in [-0.4, -0.2) is 66.2 Å². The highest BCUT2D eigenvalue weighted by molar-refractivity contribution is 6.31. The first-order valence-electron chi connectivity index (χ1n) is 14.5. The summed E-state index contributed by atoms with van der Waals surface area (Å²) in [6, 6.07) is 5.50. The summed E-state index contributed by atoms with van der Waals surface area (Å²) in [4.78, 5) is 30.3. The van der Waals surface area contributed by atoms with Gasteiger partial charge in [0.1, 0.15) is 17.0 Å².